The molecular formula is C18H17NO2. The normalized spacial score (nSPS) is 20.0. The Balaban J connectivity index is 2.02. The number of aromatic hydroxyl groups is 1. The molecule has 0 bridgehead atoms. The molecule has 1 heterocycles. The molecule has 2 aromatic rings. The molecule has 3 heteroatoms. The standard InChI is InChI=1S/C18H17NO2/c20-13-15-11-16(7-8-17(15)21)18(9-4-10-19-18)12-14-5-2-1-3-6-14/h1-11,20-21H,12-13H2. The molecule has 2 aromatic carbocycles. The van der Waals surface area contributed by atoms with Gasteiger partial charge in [-0.1, -0.05) is 42.5 Å². The molecule has 3 nitrogen and oxygen atoms in total. The minimum Gasteiger partial charge on any atom is -0.508 e. The van der Waals surface area contributed by atoms with E-state index in [0.717, 1.165) is 12.0 Å². The zero-order valence-electron chi connectivity index (χ0n) is 11.6. The van der Waals surface area contributed by atoms with Crippen molar-refractivity contribution in [2.45, 2.75) is 18.6 Å². The van der Waals surface area contributed by atoms with Crippen molar-refractivity contribution in [2.75, 3.05) is 0 Å². The molecule has 1 unspecified atom stereocenters. The van der Waals surface area contributed by atoms with Gasteiger partial charge in [-0.2, -0.15) is 0 Å². The molecule has 21 heavy (non-hydrogen) atoms. The van der Waals surface area contributed by atoms with E-state index in [0.29, 0.717) is 5.56 Å². The smallest absolute Gasteiger partial charge is 0.121 e. The summed E-state index contributed by atoms with van der Waals surface area (Å²) in [5.41, 5.74) is 2.23. The van der Waals surface area contributed by atoms with Crippen LogP contribution in [0, 0.1) is 0 Å². The molecule has 1 aliphatic rings. The molecule has 1 atom stereocenters. The van der Waals surface area contributed by atoms with Gasteiger partial charge in [-0.05, 0) is 29.3 Å². The monoisotopic (exact) mass is 279 g/mol. The molecule has 106 valence electrons. The summed E-state index contributed by atoms with van der Waals surface area (Å²) < 4.78 is 0. The van der Waals surface area contributed by atoms with Crippen LogP contribution in [0.2, 0.25) is 0 Å². The summed E-state index contributed by atoms with van der Waals surface area (Å²) in [4.78, 5) is 4.64. The summed E-state index contributed by atoms with van der Waals surface area (Å²) in [5.74, 6) is 0.113. The van der Waals surface area contributed by atoms with Crippen LogP contribution in [0.5, 0.6) is 5.75 Å². The van der Waals surface area contributed by atoms with Gasteiger partial charge in [0.15, 0.2) is 0 Å². The van der Waals surface area contributed by atoms with Gasteiger partial charge in [0.1, 0.15) is 11.3 Å². The predicted octanol–water partition coefficient (Wildman–Crippen LogP) is 2.96. The molecule has 2 N–H and O–H groups in total. The number of benzene rings is 2. The number of hydrogen-bond acceptors (Lipinski definition) is 3. The fourth-order valence-electron chi connectivity index (χ4n) is 2.69. The lowest BCUT2D eigenvalue weighted by atomic mass is 9.84. The van der Waals surface area contributed by atoms with Crippen molar-refractivity contribution >= 4 is 6.21 Å². The number of hydrogen-bond donors (Lipinski definition) is 2. The van der Waals surface area contributed by atoms with Gasteiger partial charge in [0, 0.05) is 18.2 Å². The zero-order valence-corrected chi connectivity index (χ0v) is 11.6. The van der Waals surface area contributed by atoms with E-state index >= 15 is 0 Å². The minimum absolute atomic E-state index is 0.113. The second kappa shape index (κ2) is 5.54. The highest BCUT2D eigenvalue weighted by Crippen LogP contribution is 2.36. The number of allylic oxidation sites excluding steroid dienone is 1. The Morgan fingerprint density at radius 1 is 1.05 bits per heavy atom. The average Bonchev–Trinajstić information content (AvgIpc) is 2.98. The van der Waals surface area contributed by atoms with Crippen LogP contribution in [-0.4, -0.2) is 16.4 Å². The van der Waals surface area contributed by atoms with Crippen molar-refractivity contribution in [3.8, 4) is 5.75 Å². The van der Waals surface area contributed by atoms with Gasteiger partial charge in [-0.15, -0.1) is 0 Å². The lowest BCUT2D eigenvalue weighted by molar-refractivity contribution is 0.275. The number of aliphatic imine (C=N–C) groups is 1. The summed E-state index contributed by atoms with van der Waals surface area (Å²) in [6, 6.07) is 15.5. The van der Waals surface area contributed by atoms with Crippen molar-refractivity contribution in [1.29, 1.82) is 0 Å². The van der Waals surface area contributed by atoms with Gasteiger partial charge in [-0.25, -0.2) is 0 Å². The third-order valence-electron chi connectivity index (χ3n) is 3.83. The second-order valence-electron chi connectivity index (χ2n) is 5.23. The second-order valence-corrected chi connectivity index (χ2v) is 5.23. The Bertz CT molecular complexity index is 678. The van der Waals surface area contributed by atoms with Gasteiger partial charge in [0.05, 0.1) is 6.61 Å². The number of rotatable bonds is 4. The Morgan fingerprint density at radius 2 is 1.86 bits per heavy atom. The van der Waals surface area contributed by atoms with Crippen LogP contribution in [0.3, 0.4) is 0 Å². The van der Waals surface area contributed by atoms with Gasteiger partial charge in [0.25, 0.3) is 0 Å². The molecule has 0 spiro atoms. The van der Waals surface area contributed by atoms with Crippen LogP contribution >= 0.6 is 0 Å². The first-order valence-corrected chi connectivity index (χ1v) is 6.94. The lowest BCUT2D eigenvalue weighted by Gasteiger charge is -2.26. The van der Waals surface area contributed by atoms with Crippen molar-refractivity contribution < 1.29 is 10.2 Å². The third kappa shape index (κ3) is 2.60. The van der Waals surface area contributed by atoms with Gasteiger partial charge in [-0.3, -0.25) is 4.99 Å². The van der Waals surface area contributed by atoms with Crippen LogP contribution in [0.4, 0.5) is 0 Å². The average molecular weight is 279 g/mol. The minimum atomic E-state index is -0.459. The summed E-state index contributed by atoms with van der Waals surface area (Å²) in [6.45, 7) is -0.186. The topological polar surface area (TPSA) is 52.8 Å². The Kier molecular flexibility index (Phi) is 3.59. The molecule has 3 rings (SSSR count). The summed E-state index contributed by atoms with van der Waals surface area (Å²) in [6.07, 6.45) is 6.55. The van der Waals surface area contributed by atoms with Crippen LogP contribution in [-0.2, 0) is 18.6 Å². The maximum absolute atomic E-state index is 9.74. The fourth-order valence-corrected chi connectivity index (χ4v) is 2.69. The largest absolute Gasteiger partial charge is 0.508 e. The fraction of sp³-hybridized carbons (Fsp3) is 0.167. The van der Waals surface area contributed by atoms with Crippen molar-refractivity contribution in [3.05, 3.63) is 77.4 Å². The van der Waals surface area contributed by atoms with E-state index in [-0.39, 0.29) is 12.4 Å². The van der Waals surface area contributed by atoms with Crippen LogP contribution in [0.15, 0.2) is 65.7 Å². The summed E-state index contributed by atoms with van der Waals surface area (Å²) in [5, 5.41) is 19.1. The highest BCUT2D eigenvalue weighted by atomic mass is 16.3. The van der Waals surface area contributed by atoms with Gasteiger partial charge in [0.2, 0.25) is 0 Å². The molecule has 0 amide bonds. The van der Waals surface area contributed by atoms with E-state index < -0.39 is 5.54 Å². The summed E-state index contributed by atoms with van der Waals surface area (Å²) in [7, 11) is 0. The highest BCUT2D eigenvalue weighted by Gasteiger charge is 2.31. The van der Waals surface area contributed by atoms with E-state index in [4.69, 9.17) is 0 Å². The Morgan fingerprint density at radius 3 is 2.52 bits per heavy atom. The van der Waals surface area contributed by atoms with E-state index in [1.54, 1.807) is 12.3 Å². The lowest BCUT2D eigenvalue weighted by Crippen LogP contribution is -2.22. The van der Waals surface area contributed by atoms with Gasteiger partial charge < -0.3 is 10.2 Å². The first-order valence-electron chi connectivity index (χ1n) is 6.94. The molecule has 0 aliphatic carbocycles. The maximum Gasteiger partial charge on any atom is 0.121 e. The summed E-state index contributed by atoms with van der Waals surface area (Å²) >= 11 is 0. The van der Waals surface area contributed by atoms with E-state index in [9.17, 15) is 10.2 Å². The van der Waals surface area contributed by atoms with Crippen LogP contribution in [0.1, 0.15) is 16.7 Å². The molecule has 0 fully saturated rings. The van der Waals surface area contributed by atoms with Crippen molar-refractivity contribution in [2.24, 2.45) is 4.99 Å². The van der Waals surface area contributed by atoms with Crippen LogP contribution < -0.4 is 0 Å². The third-order valence-corrected chi connectivity index (χ3v) is 3.83. The first kappa shape index (κ1) is 13.6. The zero-order chi connectivity index (χ0) is 14.7. The molecule has 0 saturated heterocycles. The molecular weight excluding hydrogens is 262 g/mol. The van der Waals surface area contributed by atoms with E-state index in [1.807, 2.05) is 36.4 Å². The molecule has 1 aliphatic heterocycles. The Labute approximate surface area is 123 Å². The molecule has 0 aromatic heterocycles. The number of phenols is 1. The SMILES string of the molecule is OCc1cc(C2(Cc3ccccc3)C=CC=N2)ccc1O. The molecule has 0 radical (unpaired) electrons. The Hall–Kier alpha value is -2.39. The number of aliphatic hydroxyl groups is 1. The van der Waals surface area contributed by atoms with E-state index in [2.05, 4.69) is 23.2 Å². The quantitative estimate of drug-likeness (QED) is 0.904. The van der Waals surface area contributed by atoms with Gasteiger partial charge >= 0.3 is 0 Å². The van der Waals surface area contributed by atoms with Crippen LogP contribution in [0.25, 0.3) is 0 Å². The maximum atomic E-state index is 9.74. The van der Waals surface area contributed by atoms with Crippen molar-refractivity contribution in [3.63, 3.8) is 0 Å². The molecule has 0 saturated carbocycles. The van der Waals surface area contributed by atoms with E-state index in [1.165, 1.54) is 5.56 Å². The number of nitrogens with zero attached hydrogens (tertiary/aromatic N) is 1. The highest BCUT2D eigenvalue weighted by molar-refractivity contribution is 5.76. The first-order chi connectivity index (χ1) is 10.2. The number of aliphatic hydroxyl groups excluding tert-OH is 1. The van der Waals surface area contributed by atoms with Crippen molar-refractivity contribution in [1.82, 2.24) is 0 Å². The predicted molar refractivity (Wildman–Crippen MR) is 83.5 cm³/mol.